The number of nitrogens with one attached hydrogen (secondary N) is 1. The highest BCUT2D eigenvalue weighted by atomic mass is 32.2. The maximum absolute atomic E-state index is 12.2. The first-order valence-electron chi connectivity index (χ1n) is 8.26. The standard InChI is InChI=1S/C17H23N3O3S2/c1-14-2-4-15(5-3-14)13-25(21,22)18-10-17-19-16(12-24-17)11-20-6-8-23-9-7-20/h2-5,12,18H,6-11,13H2,1H3. The summed E-state index contributed by atoms with van der Waals surface area (Å²) in [4.78, 5) is 6.83. The van der Waals surface area contributed by atoms with Crippen LogP contribution in [-0.2, 0) is 33.6 Å². The molecule has 1 aliphatic heterocycles. The van der Waals surface area contributed by atoms with E-state index in [1.54, 1.807) is 0 Å². The average molecular weight is 382 g/mol. The Bertz CT molecular complexity index is 782. The van der Waals surface area contributed by atoms with Crippen molar-refractivity contribution < 1.29 is 13.2 Å². The molecule has 1 aromatic heterocycles. The van der Waals surface area contributed by atoms with E-state index in [0.29, 0.717) is 0 Å². The Morgan fingerprint density at radius 3 is 2.68 bits per heavy atom. The first-order valence-corrected chi connectivity index (χ1v) is 10.8. The zero-order valence-electron chi connectivity index (χ0n) is 14.3. The van der Waals surface area contributed by atoms with Gasteiger partial charge in [-0.2, -0.15) is 0 Å². The minimum atomic E-state index is -3.37. The van der Waals surface area contributed by atoms with Gasteiger partial charge >= 0.3 is 0 Å². The minimum absolute atomic E-state index is 0.0146. The average Bonchev–Trinajstić information content (AvgIpc) is 3.04. The van der Waals surface area contributed by atoms with Crippen molar-refractivity contribution in [3.05, 3.63) is 51.5 Å². The molecule has 0 atom stereocenters. The number of morpholine rings is 1. The van der Waals surface area contributed by atoms with Crippen molar-refractivity contribution in [2.24, 2.45) is 0 Å². The Morgan fingerprint density at radius 2 is 1.96 bits per heavy atom. The summed E-state index contributed by atoms with van der Waals surface area (Å²) in [7, 11) is -3.37. The summed E-state index contributed by atoms with van der Waals surface area (Å²) in [5.41, 5.74) is 2.88. The van der Waals surface area contributed by atoms with Crippen LogP contribution in [0, 0.1) is 6.92 Å². The van der Waals surface area contributed by atoms with Crippen LogP contribution in [-0.4, -0.2) is 44.6 Å². The van der Waals surface area contributed by atoms with E-state index in [0.717, 1.165) is 54.7 Å². The molecule has 1 N–H and O–H groups in total. The Balaban J connectivity index is 1.51. The van der Waals surface area contributed by atoms with Gasteiger partial charge in [-0.1, -0.05) is 29.8 Å². The van der Waals surface area contributed by atoms with Gasteiger partial charge in [0.25, 0.3) is 0 Å². The zero-order chi connectivity index (χ0) is 17.7. The quantitative estimate of drug-likeness (QED) is 0.793. The van der Waals surface area contributed by atoms with Crippen LogP contribution < -0.4 is 4.72 Å². The highest BCUT2D eigenvalue weighted by Gasteiger charge is 2.15. The van der Waals surface area contributed by atoms with E-state index in [1.807, 2.05) is 36.6 Å². The van der Waals surface area contributed by atoms with Crippen LogP contribution in [0.1, 0.15) is 21.8 Å². The van der Waals surface area contributed by atoms with Crippen LogP contribution in [0.25, 0.3) is 0 Å². The summed E-state index contributed by atoms with van der Waals surface area (Å²) in [6, 6.07) is 7.53. The number of ether oxygens (including phenoxy) is 1. The normalized spacial score (nSPS) is 16.2. The van der Waals surface area contributed by atoms with Crippen LogP contribution >= 0.6 is 11.3 Å². The van der Waals surface area contributed by atoms with E-state index in [1.165, 1.54) is 11.3 Å². The van der Waals surface area contributed by atoms with Crippen molar-refractivity contribution in [2.75, 3.05) is 26.3 Å². The molecule has 1 aliphatic rings. The number of hydrogen-bond donors (Lipinski definition) is 1. The fraction of sp³-hybridized carbons (Fsp3) is 0.471. The van der Waals surface area contributed by atoms with Gasteiger partial charge in [0, 0.05) is 25.0 Å². The van der Waals surface area contributed by atoms with Crippen molar-refractivity contribution in [1.29, 1.82) is 0 Å². The first kappa shape index (κ1) is 18.5. The van der Waals surface area contributed by atoms with Crippen molar-refractivity contribution in [3.63, 3.8) is 0 Å². The molecule has 0 aliphatic carbocycles. The highest BCUT2D eigenvalue weighted by Crippen LogP contribution is 2.14. The molecular weight excluding hydrogens is 358 g/mol. The van der Waals surface area contributed by atoms with E-state index < -0.39 is 10.0 Å². The second-order valence-corrected chi connectivity index (χ2v) is 8.94. The second kappa shape index (κ2) is 8.37. The highest BCUT2D eigenvalue weighted by molar-refractivity contribution is 7.88. The van der Waals surface area contributed by atoms with Crippen molar-refractivity contribution in [1.82, 2.24) is 14.6 Å². The molecule has 136 valence electrons. The van der Waals surface area contributed by atoms with E-state index in [-0.39, 0.29) is 12.3 Å². The Hall–Kier alpha value is -1.32. The molecule has 1 fully saturated rings. The second-order valence-electron chi connectivity index (χ2n) is 6.19. The van der Waals surface area contributed by atoms with Gasteiger partial charge in [0.05, 0.1) is 31.2 Å². The molecule has 2 aromatic rings. The van der Waals surface area contributed by atoms with Gasteiger partial charge in [-0.25, -0.2) is 18.1 Å². The SMILES string of the molecule is Cc1ccc(CS(=O)(=O)NCc2nc(CN3CCOCC3)cs2)cc1. The third kappa shape index (κ3) is 5.86. The van der Waals surface area contributed by atoms with Crippen molar-refractivity contribution in [2.45, 2.75) is 25.8 Å². The summed E-state index contributed by atoms with van der Waals surface area (Å²) in [6.07, 6.45) is 0. The summed E-state index contributed by atoms with van der Waals surface area (Å²) >= 11 is 1.49. The Morgan fingerprint density at radius 1 is 1.24 bits per heavy atom. The van der Waals surface area contributed by atoms with Gasteiger partial charge < -0.3 is 4.74 Å². The molecule has 6 nitrogen and oxygen atoms in total. The Labute approximate surface area is 152 Å². The van der Waals surface area contributed by atoms with Crippen LogP contribution in [0.15, 0.2) is 29.6 Å². The van der Waals surface area contributed by atoms with Crippen LogP contribution in [0.5, 0.6) is 0 Å². The number of sulfonamides is 1. The molecule has 0 unspecified atom stereocenters. The molecule has 0 amide bonds. The number of aromatic nitrogens is 1. The number of aryl methyl sites for hydroxylation is 1. The molecule has 0 radical (unpaired) electrons. The van der Waals surface area contributed by atoms with Gasteiger partial charge in [-0.3, -0.25) is 4.90 Å². The third-order valence-electron chi connectivity index (χ3n) is 4.01. The lowest BCUT2D eigenvalue weighted by molar-refractivity contribution is 0.0337. The van der Waals surface area contributed by atoms with Crippen molar-refractivity contribution >= 4 is 21.4 Å². The van der Waals surface area contributed by atoms with Crippen molar-refractivity contribution in [3.8, 4) is 0 Å². The number of benzene rings is 1. The smallest absolute Gasteiger partial charge is 0.216 e. The molecule has 25 heavy (non-hydrogen) atoms. The lowest BCUT2D eigenvalue weighted by atomic mass is 10.2. The monoisotopic (exact) mass is 381 g/mol. The van der Waals surface area contributed by atoms with E-state index in [9.17, 15) is 8.42 Å². The fourth-order valence-electron chi connectivity index (χ4n) is 2.62. The summed E-state index contributed by atoms with van der Waals surface area (Å²) in [5, 5.41) is 2.79. The third-order valence-corrected chi connectivity index (χ3v) is 6.20. The molecular formula is C17H23N3O3S2. The number of nitrogens with zero attached hydrogens (tertiary/aromatic N) is 2. The summed E-state index contributed by atoms with van der Waals surface area (Å²) in [5.74, 6) is -0.0146. The maximum Gasteiger partial charge on any atom is 0.216 e. The molecule has 0 spiro atoms. The molecule has 3 rings (SSSR count). The molecule has 1 aromatic carbocycles. The van der Waals surface area contributed by atoms with Crippen LogP contribution in [0.2, 0.25) is 0 Å². The number of thiazole rings is 1. The number of hydrogen-bond acceptors (Lipinski definition) is 6. The van der Waals surface area contributed by atoms with Gasteiger partial charge in [0.2, 0.25) is 10.0 Å². The lowest BCUT2D eigenvalue weighted by Gasteiger charge is -2.25. The largest absolute Gasteiger partial charge is 0.379 e. The molecule has 0 saturated carbocycles. The predicted molar refractivity (Wildman–Crippen MR) is 98.9 cm³/mol. The topological polar surface area (TPSA) is 71.5 Å². The Kier molecular flexibility index (Phi) is 6.19. The summed E-state index contributed by atoms with van der Waals surface area (Å²) < 4.78 is 32.4. The maximum atomic E-state index is 12.2. The molecule has 8 heteroatoms. The van der Waals surface area contributed by atoms with Gasteiger partial charge in [-0.05, 0) is 12.5 Å². The zero-order valence-corrected chi connectivity index (χ0v) is 15.9. The van der Waals surface area contributed by atoms with Gasteiger partial charge in [-0.15, -0.1) is 11.3 Å². The van der Waals surface area contributed by atoms with E-state index in [2.05, 4.69) is 14.6 Å². The molecule has 0 bridgehead atoms. The fourth-order valence-corrected chi connectivity index (χ4v) is 4.52. The minimum Gasteiger partial charge on any atom is -0.379 e. The number of rotatable bonds is 7. The van der Waals surface area contributed by atoms with E-state index in [4.69, 9.17) is 4.74 Å². The lowest BCUT2D eigenvalue weighted by Crippen LogP contribution is -2.35. The molecule has 1 saturated heterocycles. The van der Waals surface area contributed by atoms with Crippen LogP contribution in [0.4, 0.5) is 0 Å². The van der Waals surface area contributed by atoms with Gasteiger partial charge in [0.15, 0.2) is 0 Å². The first-order chi connectivity index (χ1) is 12.0. The summed E-state index contributed by atoms with van der Waals surface area (Å²) in [6.45, 7) is 6.35. The van der Waals surface area contributed by atoms with Gasteiger partial charge in [0.1, 0.15) is 5.01 Å². The van der Waals surface area contributed by atoms with Crippen LogP contribution in [0.3, 0.4) is 0 Å². The van der Waals surface area contributed by atoms with E-state index >= 15 is 0 Å². The predicted octanol–water partition coefficient (Wildman–Crippen LogP) is 1.90. The molecule has 2 heterocycles.